The van der Waals surface area contributed by atoms with Gasteiger partial charge >= 0.3 is 0 Å². The number of piperidine rings is 1. The number of nitrogens with zero attached hydrogens (tertiary/aromatic N) is 2. The summed E-state index contributed by atoms with van der Waals surface area (Å²) in [7, 11) is 0. The number of guanidine groups is 1. The van der Waals surface area contributed by atoms with E-state index in [2.05, 4.69) is 29.4 Å². The number of hydrogen-bond acceptors (Lipinski definition) is 3. The summed E-state index contributed by atoms with van der Waals surface area (Å²) < 4.78 is 5.66. The Balaban J connectivity index is 0.00000288. The van der Waals surface area contributed by atoms with Crippen LogP contribution >= 0.6 is 24.0 Å². The van der Waals surface area contributed by atoms with Gasteiger partial charge in [-0.3, -0.25) is 9.89 Å². The van der Waals surface area contributed by atoms with Crippen LogP contribution in [0.1, 0.15) is 52.4 Å². The topological polar surface area (TPSA) is 48.9 Å². The average molecular weight is 452 g/mol. The van der Waals surface area contributed by atoms with Gasteiger partial charge in [0, 0.05) is 32.3 Å². The molecule has 1 aliphatic heterocycles. The van der Waals surface area contributed by atoms with Crippen molar-refractivity contribution in [2.45, 2.75) is 58.4 Å². The number of halogens is 1. The second kappa shape index (κ2) is 13.2. The Morgan fingerprint density at radius 3 is 2.71 bits per heavy atom. The highest BCUT2D eigenvalue weighted by Gasteiger charge is 2.21. The van der Waals surface area contributed by atoms with Gasteiger partial charge in [-0.05, 0) is 51.5 Å². The number of aliphatic imine (C=N–C) groups is 1. The first-order chi connectivity index (χ1) is 11.3. The van der Waals surface area contributed by atoms with Gasteiger partial charge in [-0.1, -0.05) is 13.3 Å². The van der Waals surface area contributed by atoms with Crippen LogP contribution in [0.4, 0.5) is 0 Å². The third-order valence-electron chi connectivity index (χ3n) is 4.81. The molecular formula is C18H37IN4O. The molecule has 1 unspecified atom stereocenters. The van der Waals surface area contributed by atoms with E-state index in [4.69, 9.17) is 9.73 Å². The maximum absolute atomic E-state index is 5.66. The second-order valence-electron chi connectivity index (χ2n) is 6.80. The van der Waals surface area contributed by atoms with Gasteiger partial charge in [-0.15, -0.1) is 24.0 Å². The number of rotatable bonds is 10. The van der Waals surface area contributed by atoms with Crippen LogP contribution < -0.4 is 10.6 Å². The van der Waals surface area contributed by atoms with Crippen LogP contribution in [-0.4, -0.2) is 62.8 Å². The average Bonchev–Trinajstić information content (AvgIpc) is 3.39. The molecule has 24 heavy (non-hydrogen) atoms. The smallest absolute Gasteiger partial charge is 0.191 e. The van der Waals surface area contributed by atoms with Crippen LogP contribution in [-0.2, 0) is 4.74 Å². The fourth-order valence-electron chi connectivity index (χ4n) is 3.22. The molecule has 0 amide bonds. The summed E-state index contributed by atoms with van der Waals surface area (Å²) in [6, 6.07) is 0.769. The predicted octanol–water partition coefficient (Wildman–Crippen LogP) is 2.85. The van der Waals surface area contributed by atoms with E-state index in [1.165, 1.54) is 45.1 Å². The summed E-state index contributed by atoms with van der Waals surface area (Å²) in [6.07, 6.45) is 8.07. The van der Waals surface area contributed by atoms with E-state index in [-0.39, 0.29) is 24.0 Å². The minimum Gasteiger partial charge on any atom is -0.379 e. The second-order valence-corrected chi connectivity index (χ2v) is 6.80. The molecule has 6 heteroatoms. The summed E-state index contributed by atoms with van der Waals surface area (Å²) >= 11 is 0. The molecule has 2 N–H and O–H groups in total. The zero-order valence-corrected chi connectivity index (χ0v) is 17.9. The molecule has 5 nitrogen and oxygen atoms in total. The van der Waals surface area contributed by atoms with Crippen molar-refractivity contribution in [3.05, 3.63) is 0 Å². The Labute approximate surface area is 165 Å². The first-order valence-electron chi connectivity index (χ1n) is 9.67. The highest BCUT2D eigenvalue weighted by molar-refractivity contribution is 14.0. The van der Waals surface area contributed by atoms with E-state index in [9.17, 15) is 0 Å². The molecule has 1 atom stereocenters. The Morgan fingerprint density at radius 2 is 2.00 bits per heavy atom. The van der Waals surface area contributed by atoms with Gasteiger partial charge in [0.2, 0.25) is 0 Å². The molecule has 1 heterocycles. The lowest BCUT2D eigenvalue weighted by Gasteiger charge is -2.34. The molecule has 1 aliphatic carbocycles. The molecule has 1 saturated carbocycles. The first-order valence-corrected chi connectivity index (χ1v) is 9.67. The molecule has 0 bridgehead atoms. The molecule has 2 fully saturated rings. The molecule has 0 aromatic rings. The van der Waals surface area contributed by atoms with Gasteiger partial charge in [0.05, 0.1) is 13.2 Å². The molecular weight excluding hydrogens is 415 g/mol. The Hall–Kier alpha value is -0.0800. The summed E-state index contributed by atoms with van der Waals surface area (Å²) in [5, 5.41) is 6.70. The van der Waals surface area contributed by atoms with Crippen LogP contribution in [0.15, 0.2) is 4.99 Å². The lowest BCUT2D eigenvalue weighted by Crippen LogP contribution is -2.42. The van der Waals surface area contributed by atoms with E-state index in [0.29, 0.717) is 0 Å². The maximum atomic E-state index is 5.66. The van der Waals surface area contributed by atoms with E-state index >= 15 is 0 Å². The van der Waals surface area contributed by atoms with Crippen molar-refractivity contribution < 1.29 is 4.74 Å². The van der Waals surface area contributed by atoms with Crippen LogP contribution in [0.25, 0.3) is 0 Å². The molecule has 0 aromatic carbocycles. The Morgan fingerprint density at radius 1 is 1.17 bits per heavy atom. The minimum atomic E-state index is 0. The molecule has 0 aromatic heterocycles. The molecule has 0 spiro atoms. The number of hydrogen-bond donors (Lipinski definition) is 2. The molecule has 2 aliphatic rings. The minimum absolute atomic E-state index is 0. The van der Waals surface area contributed by atoms with Crippen molar-refractivity contribution in [1.29, 1.82) is 0 Å². The largest absolute Gasteiger partial charge is 0.379 e. The third-order valence-corrected chi connectivity index (χ3v) is 4.81. The van der Waals surface area contributed by atoms with Gasteiger partial charge in [0.15, 0.2) is 5.96 Å². The summed E-state index contributed by atoms with van der Waals surface area (Å²) in [4.78, 5) is 7.34. The zero-order chi connectivity index (χ0) is 16.3. The zero-order valence-electron chi connectivity index (χ0n) is 15.6. The lowest BCUT2D eigenvalue weighted by molar-refractivity contribution is 0.129. The van der Waals surface area contributed by atoms with E-state index in [0.717, 1.165) is 57.3 Å². The van der Waals surface area contributed by atoms with Gasteiger partial charge in [-0.2, -0.15) is 0 Å². The lowest BCUT2D eigenvalue weighted by atomic mass is 10.0. The van der Waals surface area contributed by atoms with E-state index in [1.54, 1.807) is 0 Å². The van der Waals surface area contributed by atoms with E-state index in [1.807, 2.05) is 0 Å². The predicted molar refractivity (Wildman–Crippen MR) is 112 cm³/mol. The van der Waals surface area contributed by atoms with Crippen molar-refractivity contribution in [2.24, 2.45) is 10.9 Å². The quantitative estimate of drug-likeness (QED) is 0.232. The Kier molecular flexibility index (Phi) is 12.0. The normalized spacial score (nSPS) is 22.1. The number of nitrogens with one attached hydrogen (secondary N) is 2. The summed E-state index contributed by atoms with van der Waals surface area (Å²) in [6.45, 7) is 11.0. The molecule has 142 valence electrons. The molecule has 2 rings (SSSR count). The van der Waals surface area contributed by atoms with Gasteiger partial charge in [0.1, 0.15) is 0 Å². The standard InChI is InChI=1S/C18H36N4O.HI/c1-3-17-7-5-6-12-22(17)13-10-20-18(19-4-2)21-11-14-23-15-16-8-9-16;/h16-17H,3-15H2,1-2H3,(H2,19,20,21);1H. The Bertz CT molecular complexity index is 350. The van der Waals surface area contributed by atoms with Crippen LogP contribution in [0.3, 0.4) is 0 Å². The summed E-state index contributed by atoms with van der Waals surface area (Å²) in [5.41, 5.74) is 0. The van der Waals surface area contributed by atoms with Crippen LogP contribution in [0, 0.1) is 5.92 Å². The highest BCUT2D eigenvalue weighted by atomic mass is 127. The third kappa shape index (κ3) is 8.85. The van der Waals surface area contributed by atoms with Gasteiger partial charge < -0.3 is 15.4 Å². The first kappa shape index (κ1) is 22.0. The molecule has 1 saturated heterocycles. The van der Waals surface area contributed by atoms with Crippen molar-refractivity contribution in [1.82, 2.24) is 15.5 Å². The highest BCUT2D eigenvalue weighted by Crippen LogP contribution is 2.28. The van der Waals surface area contributed by atoms with E-state index < -0.39 is 0 Å². The van der Waals surface area contributed by atoms with Gasteiger partial charge in [0.25, 0.3) is 0 Å². The summed E-state index contributed by atoms with van der Waals surface area (Å²) in [5.74, 6) is 1.76. The monoisotopic (exact) mass is 452 g/mol. The number of ether oxygens (including phenoxy) is 1. The van der Waals surface area contributed by atoms with Crippen molar-refractivity contribution >= 4 is 29.9 Å². The van der Waals surface area contributed by atoms with Crippen LogP contribution in [0.2, 0.25) is 0 Å². The SMILES string of the molecule is CCNC(=NCCN1CCCCC1CC)NCCOCC1CC1.I. The van der Waals surface area contributed by atoms with Gasteiger partial charge in [-0.25, -0.2) is 0 Å². The van der Waals surface area contributed by atoms with Crippen LogP contribution in [0.5, 0.6) is 0 Å². The fourth-order valence-corrected chi connectivity index (χ4v) is 3.22. The molecule has 0 radical (unpaired) electrons. The fraction of sp³-hybridized carbons (Fsp3) is 0.944. The number of likely N-dealkylation sites (tertiary alicyclic amines) is 1. The van der Waals surface area contributed by atoms with Crippen molar-refractivity contribution in [3.63, 3.8) is 0 Å². The van der Waals surface area contributed by atoms with Crippen molar-refractivity contribution in [3.8, 4) is 0 Å². The maximum Gasteiger partial charge on any atom is 0.191 e. The van der Waals surface area contributed by atoms with Crippen molar-refractivity contribution in [2.75, 3.05) is 45.9 Å².